The second-order valence-corrected chi connectivity index (χ2v) is 7.35. The van der Waals surface area contributed by atoms with Gasteiger partial charge in [-0.1, -0.05) is 6.07 Å². The molecule has 1 aliphatic heterocycles. The molecule has 1 atom stereocenters. The summed E-state index contributed by atoms with van der Waals surface area (Å²) in [6.07, 6.45) is 0. The first-order chi connectivity index (χ1) is 11.9. The van der Waals surface area contributed by atoms with Gasteiger partial charge >= 0.3 is 5.97 Å². The van der Waals surface area contributed by atoms with Crippen molar-refractivity contribution in [1.29, 1.82) is 0 Å². The van der Waals surface area contributed by atoms with Gasteiger partial charge in [0.25, 0.3) is 5.91 Å². The number of fused-ring (bicyclic) bond motifs is 3. The van der Waals surface area contributed by atoms with E-state index < -0.39 is 17.6 Å². The lowest BCUT2D eigenvalue weighted by molar-refractivity contribution is 0.0508. The zero-order chi connectivity index (χ0) is 17.9. The quantitative estimate of drug-likeness (QED) is 0.493. The summed E-state index contributed by atoms with van der Waals surface area (Å²) < 4.78 is 4.73. The summed E-state index contributed by atoms with van der Waals surface area (Å²) in [6.45, 7) is 0. The number of pyridine rings is 1. The number of methoxy groups -OCH3 is 1. The molecule has 1 aliphatic rings. The first-order valence-electron chi connectivity index (χ1n) is 7.07. The number of thiophene rings is 2. The Morgan fingerprint density at radius 3 is 2.84 bits per heavy atom. The van der Waals surface area contributed by atoms with Crippen LogP contribution in [0, 0.1) is 0 Å². The topological polar surface area (TPSA) is 141 Å². The SMILES string of the molecule is COC(=O)c1sc2nc(N)c3c(c2c1N)C(O)(c1cccs1)NC3=O. The number of nitrogens with two attached hydrogens (primary N) is 2. The van der Waals surface area contributed by atoms with E-state index in [4.69, 9.17) is 16.2 Å². The molecule has 1 unspecified atom stereocenters. The van der Waals surface area contributed by atoms with E-state index in [1.807, 2.05) is 0 Å². The fraction of sp³-hybridized carbons (Fsp3) is 0.133. The summed E-state index contributed by atoms with van der Waals surface area (Å²) >= 11 is 2.27. The highest BCUT2D eigenvalue weighted by Gasteiger charge is 2.48. The van der Waals surface area contributed by atoms with E-state index in [0.717, 1.165) is 11.3 Å². The summed E-state index contributed by atoms with van der Waals surface area (Å²) in [6, 6.07) is 3.44. The van der Waals surface area contributed by atoms with Crippen molar-refractivity contribution in [2.45, 2.75) is 5.72 Å². The smallest absolute Gasteiger partial charge is 0.350 e. The number of amides is 1. The van der Waals surface area contributed by atoms with Crippen molar-refractivity contribution >= 4 is 56.3 Å². The maximum atomic E-state index is 12.4. The lowest BCUT2D eigenvalue weighted by Gasteiger charge is -2.23. The zero-order valence-electron chi connectivity index (χ0n) is 12.8. The highest BCUT2D eigenvalue weighted by atomic mass is 32.1. The van der Waals surface area contributed by atoms with Crippen molar-refractivity contribution in [1.82, 2.24) is 10.3 Å². The van der Waals surface area contributed by atoms with Gasteiger partial charge in [-0.15, -0.1) is 22.7 Å². The van der Waals surface area contributed by atoms with Gasteiger partial charge in [0.05, 0.1) is 23.2 Å². The van der Waals surface area contributed by atoms with Crippen LogP contribution in [0.1, 0.15) is 30.5 Å². The number of ether oxygens (including phenoxy) is 1. The molecule has 3 aromatic rings. The Bertz CT molecular complexity index is 1040. The van der Waals surface area contributed by atoms with E-state index in [0.29, 0.717) is 15.1 Å². The maximum Gasteiger partial charge on any atom is 0.350 e. The molecule has 1 amide bonds. The number of esters is 1. The molecule has 6 N–H and O–H groups in total. The van der Waals surface area contributed by atoms with E-state index in [-0.39, 0.29) is 27.5 Å². The Labute approximate surface area is 149 Å². The second kappa shape index (κ2) is 5.15. The third-order valence-corrected chi connectivity index (χ3v) is 6.09. The van der Waals surface area contributed by atoms with Gasteiger partial charge < -0.3 is 26.6 Å². The number of carbonyl (C=O) groups is 2. The van der Waals surface area contributed by atoms with Gasteiger partial charge in [0.15, 0.2) is 0 Å². The van der Waals surface area contributed by atoms with Crippen LogP contribution >= 0.6 is 22.7 Å². The number of nitrogens with zero attached hydrogens (tertiary/aromatic N) is 1. The van der Waals surface area contributed by atoms with Gasteiger partial charge in [-0.2, -0.15) is 0 Å². The molecule has 4 rings (SSSR count). The van der Waals surface area contributed by atoms with E-state index in [1.54, 1.807) is 17.5 Å². The Hall–Kier alpha value is -2.69. The third-order valence-electron chi connectivity index (χ3n) is 4.04. The number of aromatic nitrogens is 1. The minimum Gasteiger partial charge on any atom is -0.465 e. The van der Waals surface area contributed by atoms with E-state index in [2.05, 4.69) is 10.3 Å². The van der Waals surface area contributed by atoms with Crippen LogP contribution in [0.3, 0.4) is 0 Å². The highest BCUT2D eigenvalue weighted by Crippen LogP contribution is 2.47. The molecular weight excluding hydrogens is 364 g/mol. The van der Waals surface area contributed by atoms with Crippen LogP contribution in [-0.4, -0.2) is 29.1 Å². The first-order valence-corrected chi connectivity index (χ1v) is 8.77. The Morgan fingerprint density at radius 1 is 1.44 bits per heavy atom. The molecule has 4 heterocycles. The summed E-state index contributed by atoms with van der Waals surface area (Å²) in [5, 5.41) is 15.9. The molecule has 128 valence electrons. The van der Waals surface area contributed by atoms with Crippen LogP contribution in [0.2, 0.25) is 0 Å². The molecular formula is C15H12N4O4S2. The van der Waals surface area contributed by atoms with Crippen molar-refractivity contribution in [2.24, 2.45) is 0 Å². The van der Waals surface area contributed by atoms with E-state index >= 15 is 0 Å². The summed E-state index contributed by atoms with van der Waals surface area (Å²) in [5.41, 5.74) is 10.7. The Balaban J connectivity index is 2.13. The Kier molecular flexibility index (Phi) is 3.26. The number of hydrogen-bond acceptors (Lipinski definition) is 9. The largest absolute Gasteiger partial charge is 0.465 e. The minimum absolute atomic E-state index is 0.0369. The zero-order valence-corrected chi connectivity index (χ0v) is 14.5. The Morgan fingerprint density at radius 2 is 2.20 bits per heavy atom. The molecule has 8 nitrogen and oxygen atoms in total. The maximum absolute atomic E-state index is 12.4. The van der Waals surface area contributed by atoms with Crippen molar-refractivity contribution < 1.29 is 19.4 Å². The van der Waals surface area contributed by atoms with Crippen LogP contribution in [-0.2, 0) is 10.5 Å². The number of hydrogen-bond donors (Lipinski definition) is 4. The first kappa shape index (κ1) is 15.8. The fourth-order valence-electron chi connectivity index (χ4n) is 2.96. The van der Waals surface area contributed by atoms with Crippen LogP contribution in [0.15, 0.2) is 17.5 Å². The molecule has 0 aromatic carbocycles. The minimum atomic E-state index is -1.79. The molecule has 0 radical (unpaired) electrons. The predicted octanol–water partition coefficient (Wildman–Crippen LogP) is 1.25. The van der Waals surface area contributed by atoms with Gasteiger partial charge in [-0.25, -0.2) is 9.78 Å². The molecule has 0 saturated carbocycles. The van der Waals surface area contributed by atoms with Crippen molar-refractivity contribution in [3.05, 3.63) is 38.4 Å². The molecule has 0 saturated heterocycles. The lowest BCUT2D eigenvalue weighted by Crippen LogP contribution is -2.39. The summed E-state index contributed by atoms with van der Waals surface area (Å²) in [5.74, 6) is -1.21. The lowest BCUT2D eigenvalue weighted by atomic mass is 9.97. The van der Waals surface area contributed by atoms with Crippen LogP contribution in [0.25, 0.3) is 10.2 Å². The average Bonchev–Trinajstić information content (AvgIpc) is 3.26. The van der Waals surface area contributed by atoms with E-state index in [9.17, 15) is 14.7 Å². The molecule has 3 aromatic heterocycles. The number of nitrogen functional groups attached to an aromatic ring is 2. The molecule has 0 spiro atoms. The van der Waals surface area contributed by atoms with E-state index in [1.165, 1.54) is 18.4 Å². The molecule has 25 heavy (non-hydrogen) atoms. The number of aliphatic hydroxyl groups is 1. The van der Waals surface area contributed by atoms with Gasteiger partial charge in [-0.05, 0) is 11.4 Å². The number of anilines is 2. The van der Waals surface area contributed by atoms with Crippen LogP contribution in [0.4, 0.5) is 11.5 Å². The highest BCUT2D eigenvalue weighted by molar-refractivity contribution is 7.21. The molecule has 0 aliphatic carbocycles. The number of rotatable bonds is 2. The molecule has 0 fully saturated rings. The van der Waals surface area contributed by atoms with Gasteiger partial charge in [-0.3, -0.25) is 4.79 Å². The van der Waals surface area contributed by atoms with Crippen LogP contribution < -0.4 is 16.8 Å². The van der Waals surface area contributed by atoms with Crippen molar-refractivity contribution in [3.63, 3.8) is 0 Å². The van der Waals surface area contributed by atoms with Crippen LogP contribution in [0.5, 0.6) is 0 Å². The normalized spacial score (nSPS) is 19.0. The standard InChI is InChI=1S/C15H12N4O4S2/c1-23-14(21)10-9(16)6-8-7(11(17)18-13(6)25-10)12(20)19-15(8,22)5-3-2-4-24-5/h2-4,22H,16H2,1H3,(H2,17,18)(H,19,20). The predicted molar refractivity (Wildman–Crippen MR) is 94.6 cm³/mol. The van der Waals surface area contributed by atoms with Gasteiger partial charge in [0.1, 0.15) is 15.5 Å². The molecule has 0 bridgehead atoms. The van der Waals surface area contributed by atoms with Crippen molar-refractivity contribution in [2.75, 3.05) is 18.6 Å². The summed E-state index contributed by atoms with van der Waals surface area (Å²) in [4.78, 5) is 29.6. The fourth-order valence-corrected chi connectivity index (χ4v) is 4.78. The molecule has 10 heteroatoms. The third kappa shape index (κ3) is 1.98. The summed E-state index contributed by atoms with van der Waals surface area (Å²) in [7, 11) is 1.24. The monoisotopic (exact) mass is 376 g/mol. The average molecular weight is 376 g/mol. The second-order valence-electron chi connectivity index (χ2n) is 5.41. The number of nitrogens with one attached hydrogen (secondary N) is 1. The number of carbonyl (C=O) groups excluding carboxylic acids is 2. The van der Waals surface area contributed by atoms with Gasteiger partial charge in [0.2, 0.25) is 5.72 Å². The van der Waals surface area contributed by atoms with Gasteiger partial charge in [0, 0.05) is 10.9 Å². The van der Waals surface area contributed by atoms with Crippen molar-refractivity contribution in [3.8, 4) is 0 Å².